The molecule has 0 aliphatic carbocycles. The van der Waals surface area contributed by atoms with E-state index in [1.54, 1.807) is 6.20 Å². The van der Waals surface area contributed by atoms with Crippen LogP contribution in [0.15, 0.2) is 60.8 Å². The maximum absolute atomic E-state index is 5.95. The molecule has 0 aliphatic heterocycles. The Bertz CT molecular complexity index is 772. The van der Waals surface area contributed by atoms with Crippen LogP contribution in [0.5, 0.6) is 5.75 Å². The normalized spacial score (nSPS) is 10.9. The van der Waals surface area contributed by atoms with Crippen molar-refractivity contribution in [3.8, 4) is 5.75 Å². The number of nitrogens with zero attached hydrogens (tertiary/aromatic N) is 2. The fraction of sp³-hybridized carbons (Fsp3) is 0.211. The van der Waals surface area contributed by atoms with Crippen molar-refractivity contribution < 1.29 is 4.74 Å². The molecule has 1 aromatic heterocycles. The van der Waals surface area contributed by atoms with E-state index >= 15 is 0 Å². The van der Waals surface area contributed by atoms with Crippen molar-refractivity contribution in [3.63, 3.8) is 0 Å². The quantitative estimate of drug-likeness (QED) is 0.749. The van der Waals surface area contributed by atoms with Crippen molar-refractivity contribution in [2.45, 2.75) is 0 Å². The van der Waals surface area contributed by atoms with E-state index in [1.807, 2.05) is 56.6 Å². The van der Waals surface area contributed by atoms with Crippen LogP contribution in [0.4, 0.5) is 11.5 Å². The minimum absolute atomic E-state index is 0.671. The molecule has 4 heteroatoms. The number of aromatic nitrogens is 1. The summed E-state index contributed by atoms with van der Waals surface area (Å²) >= 11 is 0. The Labute approximate surface area is 136 Å². The SMILES string of the molecule is CN(C)CCOc1ccc(Nc2ccccn2)c2ccccc12. The molecule has 0 atom stereocenters. The molecule has 0 saturated carbocycles. The van der Waals surface area contributed by atoms with Gasteiger partial charge in [-0.25, -0.2) is 4.98 Å². The molecule has 3 aromatic rings. The van der Waals surface area contributed by atoms with Crippen LogP contribution in [0.2, 0.25) is 0 Å². The van der Waals surface area contributed by atoms with Gasteiger partial charge in [-0.15, -0.1) is 0 Å². The molecule has 0 amide bonds. The van der Waals surface area contributed by atoms with Crippen LogP contribution >= 0.6 is 0 Å². The number of anilines is 2. The van der Waals surface area contributed by atoms with E-state index in [1.165, 1.54) is 0 Å². The summed E-state index contributed by atoms with van der Waals surface area (Å²) in [4.78, 5) is 6.43. The van der Waals surface area contributed by atoms with Crippen molar-refractivity contribution in [1.29, 1.82) is 0 Å². The average Bonchev–Trinajstić information content (AvgIpc) is 2.57. The number of hydrogen-bond acceptors (Lipinski definition) is 4. The lowest BCUT2D eigenvalue weighted by atomic mass is 10.1. The van der Waals surface area contributed by atoms with Crippen molar-refractivity contribution in [1.82, 2.24) is 9.88 Å². The Hall–Kier alpha value is -2.59. The number of fused-ring (bicyclic) bond motifs is 1. The summed E-state index contributed by atoms with van der Waals surface area (Å²) < 4.78 is 5.95. The Balaban J connectivity index is 1.89. The van der Waals surface area contributed by atoms with E-state index in [0.29, 0.717) is 6.61 Å². The van der Waals surface area contributed by atoms with Gasteiger partial charge in [0.2, 0.25) is 0 Å². The first-order valence-corrected chi connectivity index (χ1v) is 7.71. The average molecular weight is 307 g/mol. The highest BCUT2D eigenvalue weighted by atomic mass is 16.5. The summed E-state index contributed by atoms with van der Waals surface area (Å²) in [6.45, 7) is 1.56. The van der Waals surface area contributed by atoms with Gasteiger partial charge in [-0.3, -0.25) is 0 Å². The highest BCUT2D eigenvalue weighted by molar-refractivity contribution is 5.98. The minimum atomic E-state index is 0.671. The number of pyridine rings is 1. The second-order valence-electron chi connectivity index (χ2n) is 5.65. The predicted molar refractivity (Wildman–Crippen MR) is 95.5 cm³/mol. The van der Waals surface area contributed by atoms with Gasteiger partial charge >= 0.3 is 0 Å². The molecule has 3 rings (SSSR count). The van der Waals surface area contributed by atoms with Crippen LogP contribution in [0.1, 0.15) is 0 Å². The van der Waals surface area contributed by atoms with Crippen LogP contribution in [0.25, 0.3) is 10.8 Å². The zero-order valence-electron chi connectivity index (χ0n) is 13.5. The summed E-state index contributed by atoms with van der Waals surface area (Å²) in [6.07, 6.45) is 1.78. The molecule has 4 nitrogen and oxygen atoms in total. The van der Waals surface area contributed by atoms with E-state index in [9.17, 15) is 0 Å². The molecular formula is C19H21N3O. The van der Waals surface area contributed by atoms with Gasteiger partial charge in [-0.05, 0) is 38.4 Å². The fourth-order valence-corrected chi connectivity index (χ4v) is 2.42. The van der Waals surface area contributed by atoms with Crippen LogP contribution in [-0.2, 0) is 0 Å². The molecule has 1 heterocycles. The first-order valence-electron chi connectivity index (χ1n) is 7.71. The summed E-state index contributed by atoms with van der Waals surface area (Å²) in [5.41, 5.74) is 1.03. The number of benzene rings is 2. The molecule has 0 bridgehead atoms. The lowest BCUT2D eigenvalue weighted by Gasteiger charge is -2.15. The van der Waals surface area contributed by atoms with Gasteiger partial charge in [0.25, 0.3) is 0 Å². The van der Waals surface area contributed by atoms with E-state index in [-0.39, 0.29) is 0 Å². The summed E-state index contributed by atoms with van der Waals surface area (Å²) in [7, 11) is 4.09. The molecule has 118 valence electrons. The lowest BCUT2D eigenvalue weighted by molar-refractivity contribution is 0.263. The maximum Gasteiger partial charge on any atom is 0.130 e. The molecule has 2 aromatic carbocycles. The van der Waals surface area contributed by atoms with Gasteiger partial charge in [-0.2, -0.15) is 0 Å². The second-order valence-corrected chi connectivity index (χ2v) is 5.65. The molecular weight excluding hydrogens is 286 g/mol. The largest absolute Gasteiger partial charge is 0.492 e. The van der Waals surface area contributed by atoms with Crippen molar-refractivity contribution >= 4 is 22.3 Å². The molecule has 0 aliphatic rings. The van der Waals surface area contributed by atoms with Crippen molar-refractivity contribution in [3.05, 3.63) is 60.8 Å². The predicted octanol–water partition coefficient (Wildman–Crippen LogP) is 3.92. The molecule has 23 heavy (non-hydrogen) atoms. The molecule has 0 spiro atoms. The van der Waals surface area contributed by atoms with Crippen LogP contribution in [-0.4, -0.2) is 37.1 Å². The van der Waals surface area contributed by atoms with Gasteiger partial charge < -0.3 is 15.0 Å². The molecule has 0 fully saturated rings. The topological polar surface area (TPSA) is 37.4 Å². The zero-order valence-corrected chi connectivity index (χ0v) is 13.5. The van der Waals surface area contributed by atoms with Crippen molar-refractivity contribution in [2.24, 2.45) is 0 Å². The van der Waals surface area contributed by atoms with Gasteiger partial charge in [-0.1, -0.05) is 30.3 Å². The van der Waals surface area contributed by atoms with Gasteiger partial charge in [0.15, 0.2) is 0 Å². The summed E-state index contributed by atoms with van der Waals surface area (Å²) in [6, 6.07) is 18.1. The molecule has 0 saturated heterocycles. The van der Waals surface area contributed by atoms with Gasteiger partial charge in [0.1, 0.15) is 18.2 Å². The zero-order chi connectivity index (χ0) is 16.1. The molecule has 1 N–H and O–H groups in total. The number of likely N-dealkylation sites (N-methyl/N-ethyl adjacent to an activating group) is 1. The highest BCUT2D eigenvalue weighted by Gasteiger charge is 2.07. The molecule has 0 unspecified atom stereocenters. The standard InChI is InChI=1S/C19H21N3O/c1-22(2)13-14-23-18-11-10-17(15-7-3-4-8-16(15)18)21-19-9-5-6-12-20-19/h3-12H,13-14H2,1-2H3,(H,20,21). The van der Waals surface area contributed by atoms with Gasteiger partial charge in [0.05, 0.1) is 0 Å². The Kier molecular flexibility index (Phi) is 4.74. The van der Waals surface area contributed by atoms with E-state index in [4.69, 9.17) is 4.74 Å². The Morgan fingerprint density at radius 1 is 0.957 bits per heavy atom. The Morgan fingerprint density at radius 3 is 2.48 bits per heavy atom. The number of nitrogens with one attached hydrogen (secondary N) is 1. The maximum atomic E-state index is 5.95. The van der Waals surface area contributed by atoms with E-state index < -0.39 is 0 Å². The monoisotopic (exact) mass is 307 g/mol. The first-order chi connectivity index (χ1) is 11.2. The number of ether oxygens (including phenoxy) is 1. The second kappa shape index (κ2) is 7.11. The summed E-state index contributed by atoms with van der Waals surface area (Å²) in [5.74, 6) is 1.74. The van der Waals surface area contributed by atoms with Crippen LogP contribution in [0.3, 0.4) is 0 Å². The molecule has 0 radical (unpaired) electrons. The van der Waals surface area contributed by atoms with E-state index in [0.717, 1.165) is 34.6 Å². The number of hydrogen-bond donors (Lipinski definition) is 1. The van der Waals surface area contributed by atoms with E-state index in [2.05, 4.69) is 27.3 Å². The Morgan fingerprint density at radius 2 is 1.74 bits per heavy atom. The first kappa shape index (κ1) is 15.3. The van der Waals surface area contributed by atoms with Crippen LogP contribution < -0.4 is 10.1 Å². The van der Waals surface area contributed by atoms with Crippen LogP contribution in [0, 0.1) is 0 Å². The fourth-order valence-electron chi connectivity index (χ4n) is 2.42. The smallest absolute Gasteiger partial charge is 0.130 e. The lowest BCUT2D eigenvalue weighted by Crippen LogP contribution is -2.19. The van der Waals surface area contributed by atoms with Crippen molar-refractivity contribution in [2.75, 3.05) is 32.6 Å². The third kappa shape index (κ3) is 3.79. The third-order valence-corrected chi connectivity index (χ3v) is 3.61. The minimum Gasteiger partial charge on any atom is -0.492 e. The van der Waals surface area contributed by atoms with Gasteiger partial charge in [0, 0.05) is 29.2 Å². The highest BCUT2D eigenvalue weighted by Crippen LogP contribution is 2.32. The third-order valence-electron chi connectivity index (χ3n) is 3.61. The number of rotatable bonds is 6. The summed E-state index contributed by atoms with van der Waals surface area (Å²) in [5, 5.41) is 5.60.